The number of nitrogens with one attached hydrogen (secondary N) is 1. The van der Waals surface area contributed by atoms with Gasteiger partial charge in [0, 0.05) is 62.8 Å². The Morgan fingerprint density at radius 2 is 1.97 bits per heavy atom. The zero-order chi connectivity index (χ0) is 26.3. The van der Waals surface area contributed by atoms with Crippen molar-refractivity contribution in [3.05, 3.63) is 65.2 Å². The number of hydrogen-bond donors (Lipinski definition) is 2. The van der Waals surface area contributed by atoms with Gasteiger partial charge in [-0.1, -0.05) is 6.07 Å². The van der Waals surface area contributed by atoms with Gasteiger partial charge in [0.2, 0.25) is 0 Å². The predicted octanol–water partition coefficient (Wildman–Crippen LogP) is 3.17. The lowest BCUT2D eigenvalue weighted by Crippen LogP contribution is -2.46. The fraction of sp³-hybridized carbons (Fsp3) is 0.484. The van der Waals surface area contributed by atoms with Crippen LogP contribution in [-0.2, 0) is 13.1 Å². The van der Waals surface area contributed by atoms with Gasteiger partial charge in [0.1, 0.15) is 17.7 Å². The fourth-order valence-electron chi connectivity index (χ4n) is 6.66. The number of aliphatic hydroxyl groups excluding tert-OH is 1. The van der Waals surface area contributed by atoms with Gasteiger partial charge in [-0.2, -0.15) is 0 Å². The number of β-amino-alcohol motifs (C(OH)–C–C–N with tert-alkyl or cyclic N) is 1. The van der Waals surface area contributed by atoms with Crippen molar-refractivity contribution in [1.82, 2.24) is 20.1 Å². The lowest BCUT2D eigenvalue weighted by Gasteiger charge is -2.31. The molecule has 2 aromatic carbocycles. The number of pyridine rings is 1. The summed E-state index contributed by atoms with van der Waals surface area (Å²) in [5.74, 6) is 1.98. The van der Waals surface area contributed by atoms with Crippen molar-refractivity contribution < 1.29 is 14.6 Å². The van der Waals surface area contributed by atoms with E-state index in [1.54, 1.807) is 0 Å². The van der Waals surface area contributed by atoms with Gasteiger partial charge in [-0.05, 0) is 85.8 Å². The van der Waals surface area contributed by atoms with Crippen LogP contribution in [0.2, 0.25) is 0 Å². The summed E-state index contributed by atoms with van der Waals surface area (Å²) in [6, 6.07) is 17.0. The topological polar surface area (TPSA) is 81.2 Å². The Morgan fingerprint density at radius 3 is 2.82 bits per heavy atom. The van der Waals surface area contributed by atoms with Crippen LogP contribution >= 0.6 is 0 Å². The summed E-state index contributed by atoms with van der Waals surface area (Å²) < 4.78 is 6.41. The highest BCUT2D eigenvalue weighted by Gasteiger charge is 2.34. The van der Waals surface area contributed by atoms with Gasteiger partial charge in [0.25, 0.3) is 5.91 Å². The SMILES string of the molecule is O=C1c2ccc(O[C@H]3CCN(Cc4ccc5nc(N6CC[C@@H](O)C6)ccc5c4)C3)cc2CN1C1CCCNC1. The van der Waals surface area contributed by atoms with Gasteiger partial charge in [0.15, 0.2) is 0 Å². The number of piperidine rings is 1. The molecule has 4 aliphatic rings. The van der Waals surface area contributed by atoms with Gasteiger partial charge in [-0.3, -0.25) is 9.69 Å². The molecule has 0 radical (unpaired) electrons. The Hall–Kier alpha value is -3.20. The first-order chi connectivity index (χ1) is 19.1. The van der Waals surface area contributed by atoms with Gasteiger partial charge in [-0.25, -0.2) is 4.98 Å². The van der Waals surface area contributed by atoms with E-state index in [-0.39, 0.29) is 18.1 Å². The number of ether oxygens (including phenoxy) is 1. The number of likely N-dealkylation sites (tertiary alicyclic amines) is 1. The van der Waals surface area contributed by atoms with Crippen molar-refractivity contribution in [3.63, 3.8) is 0 Å². The van der Waals surface area contributed by atoms with E-state index in [1.165, 1.54) is 5.56 Å². The third-order valence-corrected chi connectivity index (χ3v) is 8.78. The van der Waals surface area contributed by atoms with E-state index in [0.29, 0.717) is 19.1 Å². The summed E-state index contributed by atoms with van der Waals surface area (Å²) in [5.41, 5.74) is 4.19. The van der Waals surface area contributed by atoms with E-state index in [2.05, 4.69) is 51.5 Å². The highest BCUT2D eigenvalue weighted by atomic mass is 16.5. The average molecular weight is 528 g/mol. The first-order valence-corrected chi connectivity index (χ1v) is 14.5. The molecule has 5 heterocycles. The van der Waals surface area contributed by atoms with Crippen LogP contribution in [-0.4, -0.2) is 83.3 Å². The second-order valence-corrected chi connectivity index (χ2v) is 11.6. The van der Waals surface area contributed by atoms with E-state index in [4.69, 9.17) is 9.72 Å². The molecular weight excluding hydrogens is 490 g/mol. The molecule has 39 heavy (non-hydrogen) atoms. The number of aliphatic hydroxyl groups is 1. The molecule has 1 aromatic heterocycles. The van der Waals surface area contributed by atoms with Crippen LogP contribution in [0, 0.1) is 0 Å². The molecule has 7 rings (SSSR count). The predicted molar refractivity (Wildman–Crippen MR) is 151 cm³/mol. The molecule has 0 bridgehead atoms. The Morgan fingerprint density at radius 1 is 1.03 bits per heavy atom. The number of amides is 1. The highest BCUT2D eigenvalue weighted by molar-refractivity contribution is 5.98. The maximum atomic E-state index is 13.0. The number of nitrogens with zero attached hydrogens (tertiary/aromatic N) is 4. The molecular formula is C31H37N5O3. The van der Waals surface area contributed by atoms with Crippen molar-refractivity contribution >= 4 is 22.6 Å². The molecule has 0 aliphatic carbocycles. The maximum absolute atomic E-state index is 13.0. The largest absolute Gasteiger partial charge is 0.489 e. The van der Waals surface area contributed by atoms with Crippen molar-refractivity contribution in [1.29, 1.82) is 0 Å². The van der Waals surface area contributed by atoms with Crippen LogP contribution in [0.4, 0.5) is 5.82 Å². The van der Waals surface area contributed by atoms with Crippen molar-refractivity contribution in [2.75, 3.05) is 44.2 Å². The van der Waals surface area contributed by atoms with E-state index in [9.17, 15) is 9.90 Å². The molecule has 3 aromatic rings. The van der Waals surface area contributed by atoms with Crippen molar-refractivity contribution in [2.45, 2.75) is 57.0 Å². The number of anilines is 1. The minimum absolute atomic E-state index is 0.152. The molecule has 3 fully saturated rings. The molecule has 0 saturated carbocycles. The monoisotopic (exact) mass is 527 g/mol. The minimum Gasteiger partial charge on any atom is -0.489 e. The standard InChI is InChI=1S/C31H37N5O3/c37-25-9-13-35(19-25)30-8-4-22-14-21(3-7-29(22)33-30)17-34-12-10-27(20-34)39-26-5-6-28-23(15-26)18-36(31(28)38)24-2-1-11-32-16-24/h3-8,14-15,24-25,27,32,37H,1-2,9-13,16-20H2/t24?,25-,27+/m1/s1. The van der Waals surface area contributed by atoms with Crippen LogP contribution < -0.4 is 15.0 Å². The summed E-state index contributed by atoms with van der Waals surface area (Å²) in [5, 5.41) is 14.4. The number of carbonyl (C=O) groups excluding carboxylic acids is 1. The summed E-state index contributed by atoms with van der Waals surface area (Å²) in [7, 11) is 0. The van der Waals surface area contributed by atoms with Crippen LogP contribution in [0.5, 0.6) is 5.75 Å². The van der Waals surface area contributed by atoms with Gasteiger partial charge < -0.3 is 25.0 Å². The van der Waals surface area contributed by atoms with Gasteiger partial charge >= 0.3 is 0 Å². The first-order valence-electron chi connectivity index (χ1n) is 14.5. The normalized spacial score (nSPS) is 25.6. The van der Waals surface area contributed by atoms with E-state index in [1.807, 2.05) is 17.0 Å². The van der Waals surface area contributed by atoms with Crippen LogP contribution in [0.25, 0.3) is 10.9 Å². The number of benzene rings is 2. The summed E-state index contributed by atoms with van der Waals surface area (Å²) in [6.45, 7) is 6.92. The summed E-state index contributed by atoms with van der Waals surface area (Å²) in [4.78, 5) is 24.5. The molecule has 8 nitrogen and oxygen atoms in total. The molecule has 2 N–H and O–H groups in total. The third-order valence-electron chi connectivity index (χ3n) is 8.78. The Bertz CT molecular complexity index is 1370. The van der Waals surface area contributed by atoms with E-state index < -0.39 is 0 Å². The zero-order valence-corrected chi connectivity index (χ0v) is 22.4. The third kappa shape index (κ3) is 5.09. The van der Waals surface area contributed by atoms with Gasteiger partial charge in [0.05, 0.1) is 11.6 Å². The Kier molecular flexibility index (Phi) is 6.62. The quantitative estimate of drug-likeness (QED) is 0.510. The second kappa shape index (κ2) is 10.4. The van der Waals surface area contributed by atoms with E-state index in [0.717, 1.165) is 98.5 Å². The second-order valence-electron chi connectivity index (χ2n) is 11.6. The van der Waals surface area contributed by atoms with Crippen LogP contribution in [0.3, 0.4) is 0 Å². The molecule has 204 valence electrons. The molecule has 1 unspecified atom stereocenters. The first kappa shape index (κ1) is 24.8. The molecule has 1 amide bonds. The summed E-state index contributed by atoms with van der Waals surface area (Å²) in [6.07, 6.45) is 3.91. The molecule has 8 heteroatoms. The number of fused-ring (bicyclic) bond motifs is 2. The molecule has 4 aliphatic heterocycles. The average Bonchev–Trinajstić information content (AvgIpc) is 3.68. The summed E-state index contributed by atoms with van der Waals surface area (Å²) >= 11 is 0. The number of hydrogen-bond acceptors (Lipinski definition) is 7. The highest BCUT2D eigenvalue weighted by Crippen LogP contribution is 2.31. The Balaban J connectivity index is 0.959. The molecule has 0 spiro atoms. The lowest BCUT2D eigenvalue weighted by molar-refractivity contribution is 0.0674. The van der Waals surface area contributed by atoms with E-state index >= 15 is 0 Å². The Labute approximate surface area is 229 Å². The van der Waals surface area contributed by atoms with Crippen LogP contribution in [0.1, 0.15) is 47.2 Å². The number of rotatable bonds is 6. The smallest absolute Gasteiger partial charge is 0.254 e. The number of carbonyl (C=O) groups is 1. The fourth-order valence-corrected chi connectivity index (χ4v) is 6.66. The minimum atomic E-state index is -0.251. The lowest BCUT2D eigenvalue weighted by atomic mass is 10.1. The number of aromatic nitrogens is 1. The van der Waals surface area contributed by atoms with Crippen molar-refractivity contribution in [2.24, 2.45) is 0 Å². The van der Waals surface area contributed by atoms with Crippen molar-refractivity contribution in [3.8, 4) is 5.75 Å². The molecule has 3 atom stereocenters. The van der Waals surface area contributed by atoms with Crippen LogP contribution in [0.15, 0.2) is 48.5 Å². The zero-order valence-electron chi connectivity index (χ0n) is 22.4. The maximum Gasteiger partial charge on any atom is 0.254 e. The molecule has 3 saturated heterocycles. The van der Waals surface area contributed by atoms with Gasteiger partial charge in [-0.15, -0.1) is 0 Å².